The third kappa shape index (κ3) is 4.46. The number of urea groups is 1. The van der Waals surface area contributed by atoms with Crippen molar-refractivity contribution in [3.05, 3.63) is 23.8 Å². The van der Waals surface area contributed by atoms with E-state index >= 15 is 0 Å². The lowest BCUT2D eigenvalue weighted by atomic mass is 10.1. The van der Waals surface area contributed by atoms with Crippen LogP contribution in [0.5, 0.6) is 5.75 Å². The number of nitrogens with one attached hydrogen (secondary N) is 2. The molecule has 1 aromatic carbocycles. The number of ether oxygens (including phenoxy) is 1. The Kier molecular flexibility index (Phi) is 5.83. The summed E-state index contributed by atoms with van der Waals surface area (Å²) in [5.74, 6) is -0.0873. The van der Waals surface area contributed by atoms with E-state index in [9.17, 15) is 9.59 Å². The molecular formula is C14H21N3O3. The van der Waals surface area contributed by atoms with Crippen LogP contribution in [0.3, 0.4) is 0 Å². The number of imide groups is 1. The Labute approximate surface area is 118 Å². The first-order valence-corrected chi connectivity index (χ1v) is 6.61. The second-order valence-electron chi connectivity index (χ2n) is 4.33. The van der Waals surface area contributed by atoms with Crippen molar-refractivity contribution in [2.75, 3.05) is 12.3 Å². The Bertz CT molecular complexity index is 489. The van der Waals surface area contributed by atoms with Gasteiger partial charge in [0.1, 0.15) is 5.75 Å². The van der Waals surface area contributed by atoms with Crippen molar-refractivity contribution in [1.82, 2.24) is 10.6 Å². The number of benzene rings is 1. The fourth-order valence-corrected chi connectivity index (χ4v) is 1.59. The molecule has 0 aliphatic rings. The molecule has 0 bridgehead atoms. The SMILES string of the molecule is CCNC(=O)NC(=O)C(C)Oc1ccc(CC)cc1N. The molecule has 6 heteroatoms. The van der Waals surface area contributed by atoms with E-state index in [0.717, 1.165) is 12.0 Å². The van der Waals surface area contributed by atoms with E-state index in [2.05, 4.69) is 10.6 Å². The summed E-state index contributed by atoms with van der Waals surface area (Å²) in [5.41, 5.74) is 7.42. The lowest BCUT2D eigenvalue weighted by Crippen LogP contribution is -2.45. The molecule has 0 aliphatic carbocycles. The van der Waals surface area contributed by atoms with Gasteiger partial charge >= 0.3 is 6.03 Å². The predicted octanol–water partition coefficient (Wildman–Crippen LogP) is 1.44. The van der Waals surface area contributed by atoms with Gasteiger partial charge in [-0.05, 0) is 38.0 Å². The number of amides is 3. The lowest BCUT2D eigenvalue weighted by Gasteiger charge is -2.16. The molecular weight excluding hydrogens is 258 g/mol. The fourth-order valence-electron chi connectivity index (χ4n) is 1.59. The molecule has 0 aromatic heterocycles. The Balaban J connectivity index is 2.63. The highest BCUT2D eigenvalue weighted by molar-refractivity contribution is 5.96. The van der Waals surface area contributed by atoms with Crippen LogP contribution in [0.1, 0.15) is 26.3 Å². The zero-order chi connectivity index (χ0) is 15.1. The van der Waals surface area contributed by atoms with Crippen molar-refractivity contribution in [2.45, 2.75) is 33.3 Å². The number of nitrogen functional groups attached to an aromatic ring is 1. The molecule has 4 N–H and O–H groups in total. The molecule has 1 atom stereocenters. The molecule has 0 spiro atoms. The van der Waals surface area contributed by atoms with E-state index in [4.69, 9.17) is 10.5 Å². The monoisotopic (exact) mass is 279 g/mol. The van der Waals surface area contributed by atoms with Crippen molar-refractivity contribution in [3.63, 3.8) is 0 Å². The van der Waals surface area contributed by atoms with Gasteiger partial charge in [0.2, 0.25) is 0 Å². The van der Waals surface area contributed by atoms with Gasteiger partial charge in [0.05, 0.1) is 5.69 Å². The fraction of sp³-hybridized carbons (Fsp3) is 0.429. The van der Waals surface area contributed by atoms with E-state index in [1.165, 1.54) is 0 Å². The Morgan fingerprint density at radius 3 is 2.60 bits per heavy atom. The maximum Gasteiger partial charge on any atom is 0.321 e. The average molecular weight is 279 g/mol. The smallest absolute Gasteiger partial charge is 0.321 e. The first-order valence-electron chi connectivity index (χ1n) is 6.61. The van der Waals surface area contributed by atoms with Gasteiger partial charge in [0, 0.05) is 6.54 Å². The molecule has 3 amide bonds. The molecule has 110 valence electrons. The van der Waals surface area contributed by atoms with E-state index in [0.29, 0.717) is 18.0 Å². The molecule has 20 heavy (non-hydrogen) atoms. The topological polar surface area (TPSA) is 93.5 Å². The number of hydrogen-bond donors (Lipinski definition) is 3. The molecule has 1 unspecified atom stereocenters. The van der Waals surface area contributed by atoms with Crippen LogP contribution in [-0.4, -0.2) is 24.6 Å². The average Bonchev–Trinajstić information content (AvgIpc) is 2.41. The van der Waals surface area contributed by atoms with Gasteiger partial charge in [-0.3, -0.25) is 10.1 Å². The molecule has 1 rings (SSSR count). The third-order valence-corrected chi connectivity index (χ3v) is 2.73. The Morgan fingerprint density at radius 1 is 1.35 bits per heavy atom. The van der Waals surface area contributed by atoms with E-state index in [-0.39, 0.29) is 0 Å². The summed E-state index contributed by atoms with van der Waals surface area (Å²) >= 11 is 0. The largest absolute Gasteiger partial charge is 0.479 e. The molecule has 1 aromatic rings. The summed E-state index contributed by atoms with van der Waals surface area (Å²) in [5, 5.41) is 4.66. The van der Waals surface area contributed by atoms with Crippen LogP contribution in [0, 0.1) is 0 Å². The number of anilines is 1. The van der Waals surface area contributed by atoms with Gasteiger partial charge in [0.15, 0.2) is 6.10 Å². The summed E-state index contributed by atoms with van der Waals surface area (Å²) in [6.07, 6.45) is 0.0601. The van der Waals surface area contributed by atoms with Crippen LogP contribution in [0.15, 0.2) is 18.2 Å². The maximum atomic E-state index is 11.7. The van der Waals surface area contributed by atoms with Gasteiger partial charge in [-0.1, -0.05) is 13.0 Å². The molecule has 0 aliphatic heterocycles. The molecule has 0 saturated carbocycles. The van der Waals surface area contributed by atoms with Crippen LogP contribution in [0.25, 0.3) is 0 Å². The molecule has 6 nitrogen and oxygen atoms in total. The van der Waals surface area contributed by atoms with Crippen molar-refractivity contribution in [1.29, 1.82) is 0 Å². The first kappa shape index (κ1) is 15.8. The third-order valence-electron chi connectivity index (χ3n) is 2.73. The predicted molar refractivity (Wildman–Crippen MR) is 77.5 cm³/mol. The van der Waals surface area contributed by atoms with Crippen molar-refractivity contribution in [2.24, 2.45) is 0 Å². The molecule has 0 heterocycles. The molecule has 0 radical (unpaired) electrons. The maximum absolute atomic E-state index is 11.7. The van der Waals surface area contributed by atoms with Gasteiger partial charge in [0.25, 0.3) is 5.91 Å². The van der Waals surface area contributed by atoms with E-state index in [1.807, 2.05) is 19.1 Å². The normalized spacial score (nSPS) is 11.6. The number of carbonyl (C=O) groups is 2. The lowest BCUT2D eigenvalue weighted by molar-refractivity contribution is -0.126. The minimum atomic E-state index is -0.813. The number of carbonyl (C=O) groups excluding carboxylic acids is 2. The van der Waals surface area contributed by atoms with Gasteiger partial charge in [-0.2, -0.15) is 0 Å². The number of rotatable bonds is 5. The van der Waals surface area contributed by atoms with Crippen LogP contribution in [-0.2, 0) is 11.2 Å². The summed E-state index contributed by atoms with van der Waals surface area (Å²) in [6, 6.07) is 4.88. The van der Waals surface area contributed by atoms with Crippen LogP contribution < -0.4 is 21.1 Å². The molecule has 0 fully saturated rings. The number of nitrogens with two attached hydrogens (primary N) is 1. The highest BCUT2D eigenvalue weighted by Gasteiger charge is 2.18. The first-order chi connectivity index (χ1) is 9.47. The Hall–Kier alpha value is -2.24. The second-order valence-corrected chi connectivity index (χ2v) is 4.33. The second kappa shape index (κ2) is 7.37. The summed E-state index contributed by atoms with van der Waals surface area (Å²) in [7, 11) is 0. The van der Waals surface area contributed by atoms with Crippen LogP contribution >= 0.6 is 0 Å². The van der Waals surface area contributed by atoms with Gasteiger partial charge in [-0.15, -0.1) is 0 Å². The number of hydrogen-bond acceptors (Lipinski definition) is 4. The van der Waals surface area contributed by atoms with Crippen LogP contribution in [0.4, 0.5) is 10.5 Å². The highest BCUT2D eigenvalue weighted by atomic mass is 16.5. The molecule has 0 saturated heterocycles. The minimum Gasteiger partial charge on any atom is -0.479 e. The summed E-state index contributed by atoms with van der Waals surface area (Å²) < 4.78 is 5.47. The number of aryl methyl sites for hydroxylation is 1. The van der Waals surface area contributed by atoms with E-state index in [1.54, 1.807) is 19.9 Å². The Morgan fingerprint density at radius 2 is 2.05 bits per heavy atom. The van der Waals surface area contributed by atoms with Crippen molar-refractivity contribution < 1.29 is 14.3 Å². The quantitative estimate of drug-likeness (QED) is 0.711. The van der Waals surface area contributed by atoms with Gasteiger partial charge in [-0.25, -0.2) is 4.79 Å². The van der Waals surface area contributed by atoms with Crippen molar-refractivity contribution >= 4 is 17.6 Å². The van der Waals surface area contributed by atoms with Crippen LogP contribution in [0.2, 0.25) is 0 Å². The van der Waals surface area contributed by atoms with E-state index < -0.39 is 18.0 Å². The van der Waals surface area contributed by atoms with Gasteiger partial charge < -0.3 is 15.8 Å². The highest BCUT2D eigenvalue weighted by Crippen LogP contribution is 2.23. The summed E-state index contributed by atoms with van der Waals surface area (Å²) in [4.78, 5) is 23.0. The summed E-state index contributed by atoms with van der Waals surface area (Å²) in [6.45, 7) is 5.79. The minimum absolute atomic E-state index is 0.431. The van der Waals surface area contributed by atoms with Crippen molar-refractivity contribution in [3.8, 4) is 5.75 Å². The standard InChI is InChI=1S/C14H21N3O3/c1-4-10-6-7-12(11(15)8-10)20-9(3)13(18)17-14(19)16-5-2/h6-9H,4-5,15H2,1-3H3,(H2,16,17,18,19). The zero-order valence-corrected chi connectivity index (χ0v) is 12.0. The zero-order valence-electron chi connectivity index (χ0n) is 12.0.